The highest BCUT2D eigenvalue weighted by molar-refractivity contribution is 5.97. The minimum absolute atomic E-state index is 0.0282. The Morgan fingerprint density at radius 1 is 1.24 bits per heavy atom. The van der Waals surface area contributed by atoms with E-state index in [0.717, 1.165) is 11.1 Å². The molecule has 0 heterocycles. The molecule has 1 aromatic carbocycles. The third kappa shape index (κ3) is 4.44. The maximum atomic E-state index is 12.8. The van der Waals surface area contributed by atoms with Crippen LogP contribution < -0.4 is 5.73 Å². The molecule has 5 nitrogen and oxygen atoms in total. The van der Waals surface area contributed by atoms with Crippen LogP contribution in [0.2, 0.25) is 0 Å². The lowest BCUT2D eigenvalue weighted by Crippen LogP contribution is -2.43. The third-order valence-corrected chi connectivity index (χ3v) is 3.58. The van der Waals surface area contributed by atoms with E-state index in [9.17, 15) is 4.79 Å². The summed E-state index contributed by atoms with van der Waals surface area (Å²) in [4.78, 5) is 14.6. The fourth-order valence-corrected chi connectivity index (χ4v) is 2.30. The molecule has 0 aromatic heterocycles. The van der Waals surface area contributed by atoms with Gasteiger partial charge in [0.1, 0.15) is 0 Å². The number of aryl methyl sites for hydroxylation is 2. The van der Waals surface area contributed by atoms with Crippen molar-refractivity contribution in [2.75, 3.05) is 39.7 Å². The zero-order valence-corrected chi connectivity index (χ0v) is 13.6. The number of nitrogen functional groups attached to an aromatic ring is 1. The van der Waals surface area contributed by atoms with Gasteiger partial charge in [-0.05, 0) is 38.0 Å². The monoisotopic (exact) mass is 294 g/mol. The van der Waals surface area contributed by atoms with Crippen LogP contribution in [0, 0.1) is 13.8 Å². The molecule has 0 aliphatic carbocycles. The van der Waals surface area contributed by atoms with Crippen LogP contribution in [0.25, 0.3) is 0 Å². The van der Waals surface area contributed by atoms with Gasteiger partial charge in [0.25, 0.3) is 5.91 Å². The highest BCUT2D eigenvalue weighted by Crippen LogP contribution is 2.20. The number of carbonyl (C=O) groups excluding carboxylic acids is 1. The van der Waals surface area contributed by atoms with E-state index >= 15 is 0 Å². The number of benzene rings is 1. The Kier molecular flexibility index (Phi) is 6.65. The van der Waals surface area contributed by atoms with Crippen molar-refractivity contribution in [3.05, 3.63) is 28.8 Å². The third-order valence-electron chi connectivity index (χ3n) is 3.58. The fourth-order valence-electron chi connectivity index (χ4n) is 2.30. The van der Waals surface area contributed by atoms with Crippen LogP contribution in [0.5, 0.6) is 0 Å². The molecule has 21 heavy (non-hydrogen) atoms. The maximum Gasteiger partial charge on any atom is 0.254 e. The summed E-state index contributed by atoms with van der Waals surface area (Å²) in [6, 6.07) is 3.67. The van der Waals surface area contributed by atoms with Gasteiger partial charge in [-0.2, -0.15) is 0 Å². The Morgan fingerprint density at radius 3 is 2.48 bits per heavy atom. The molecule has 1 amide bonds. The van der Waals surface area contributed by atoms with E-state index in [0.29, 0.717) is 31.0 Å². The van der Waals surface area contributed by atoms with Gasteiger partial charge in [0, 0.05) is 32.0 Å². The van der Waals surface area contributed by atoms with Crippen molar-refractivity contribution >= 4 is 11.6 Å². The zero-order valence-electron chi connectivity index (χ0n) is 13.6. The first-order valence-electron chi connectivity index (χ1n) is 7.07. The number of ether oxygens (including phenoxy) is 2. The lowest BCUT2D eigenvalue weighted by atomic mass is 10.0. The van der Waals surface area contributed by atoms with Crippen LogP contribution in [-0.4, -0.2) is 50.8 Å². The molecule has 0 saturated heterocycles. The van der Waals surface area contributed by atoms with Crippen molar-refractivity contribution in [3.63, 3.8) is 0 Å². The largest absolute Gasteiger partial charge is 0.398 e. The smallest absolute Gasteiger partial charge is 0.254 e. The Morgan fingerprint density at radius 2 is 1.90 bits per heavy atom. The van der Waals surface area contributed by atoms with Gasteiger partial charge in [0.15, 0.2) is 0 Å². The first-order valence-corrected chi connectivity index (χ1v) is 7.07. The summed E-state index contributed by atoms with van der Waals surface area (Å²) in [5, 5.41) is 0. The molecular weight excluding hydrogens is 268 g/mol. The molecule has 0 spiro atoms. The highest BCUT2D eigenvalue weighted by Gasteiger charge is 2.23. The molecule has 0 radical (unpaired) electrons. The van der Waals surface area contributed by atoms with Crippen LogP contribution in [0.3, 0.4) is 0 Å². The van der Waals surface area contributed by atoms with Gasteiger partial charge < -0.3 is 20.1 Å². The number of carbonyl (C=O) groups is 1. The molecule has 0 fully saturated rings. The number of amides is 1. The zero-order chi connectivity index (χ0) is 16.0. The minimum Gasteiger partial charge on any atom is -0.398 e. The Bertz CT molecular complexity index is 489. The molecule has 1 atom stereocenters. The summed E-state index contributed by atoms with van der Waals surface area (Å²) in [6.07, 6.45) is 0. The number of methoxy groups -OCH3 is 2. The van der Waals surface area contributed by atoms with E-state index in [2.05, 4.69) is 0 Å². The van der Waals surface area contributed by atoms with Crippen LogP contribution in [0.1, 0.15) is 28.4 Å². The van der Waals surface area contributed by atoms with Crippen molar-refractivity contribution in [1.82, 2.24) is 4.90 Å². The van der Waals surface area contributed by atoms with Crippen molar-refractivity contribution in [3.8, 4) is 0 Å². The van der Waals surface area contributed by atoms with Crippen LogP contribution in [0.4, 0.5) is 5.69 Å². The van der Waals surface area contributed by atoms with E-state index in [1.807, 2.05) is 26.8 Å². The predicted molar refractivity (Wildman–Crippen MR) is 84.6 cm³/mol. The molecular formula is C16H26N2O3. The average molecular weight is 294 g/mol. The number of rotatable bonds is 7. The highest BCUT2D eigenvalue weighted by atomic mass is 16.5. The standard InChI is InChI=1S/C16H26N2O3/c1-11-8-12(2)15(17)9-14(11)16(19)18(6-7-20-4)13(3)10-21-5/h8-9,13H,6-7,10,17H2,1-5H3. The van der Waals surface area contributed by atoms with Crippen LogP contribution in [-0.2, 0) is 9.47 Å². The molecule has 5 heteroatoms. The van der Waals surface area contributed by atoms with Crippen molar-refractivity contribution in [1.29, 1.82) is 0 Å². The van der Waals surface area contributed by atoms with Gasteiger partial charge in [-0.1, -0.05) is 6.07 Å². The number of hydrogen-bond donors (Lipinski definition) is 1. The minimum atomic E-state index is -0.0409. The van der Waals surface area contributed by atoms with Crippen molar-refractivity contribution in [2.24, 2.45) is 0 Å². The lowest BCUT2D eigenvalue weighted by Gasteiger charge is -2.29. The normalized spacial score (nSPS) is 12.2. The Hall–Kier alpha value is -1.59. The molecule has 0 saturated carbocycles. The molecule has 0 aliphatic heterocycles. The van der Waals surface area contributed by atoms with Gasteiger partial charge in [0.2, 0.25) is 0 Å². The Labute approximate surface area is 127 Å². The van der Waals surface area contributed by atoms with E-state index in [-0.39, 0.29) is 11.9 Å². The molecule has 0 bridgehead atoms. The van der Waals surface area contributed by atoms with Crippen LogP contribution in [0.15, 0.2) is 12.1 Å². The quantitative estimate of drug-likeness (QED) is 0.781. The van der Waals surface area contributed by atoms with Crippen LogP contribution >= 0.6 is 0 Å². The summed E-state index contributed by atoms with van der Waals surface area (Å²) < 4.78 is 10.3. The summed E-state index contributed by atoms with van der Waals surface area (Å²) in [5.74, 6) is -0.0409. The van der Waals surface area contributed by atoms with E-state index < -0.39 is 0 Å². The molecule has 1 unspecified atom stereocenters. The summed E-state index contributed by atoms with van der Waals surface area (Å²) in [6.45, 7) is 7.31. The lowest BCUT2D eigenvalue weighted by molar-refractivity contribution is 0.0479. The van der Waals surface area contributed by atoms with Crippen molar-refractivity contribution < 1.29 is 14.3 Å². The van der Waals surface area contributed by atoms with Crippen molar-refractivity contribution in [2.45, 2.75) is 26.8 Å². The summed E-state index contributed by atoms with van der Waals surface area (Å²) in [7, 11) is 3.25. The maximum absolute atomic E-state index is 12.8. The van der Waals surface area contributed by atoms with E-state index in [4.69, 9.17) is 15.2 Å². The second-order valence-corrected chi connectivity index (χ2v) is 5.32. The Balaban J connectivity index is 3.06. The summed E-state index contributed by atoms with van der Waals surface area (Å²) in [5.41, 5.74) is 9.13. The second-order valence-electron chi connectivity index (χ2n) is 5.32. The van der Waals surface area contributed by atoms with Gasteiger partial charge >= 0.3 is 0 Å². The van der Waals surface area contributed by atoms with Gasteiger partial charge in [-0.25, -0.2) is 0 Å². The molecule has 1 rings (SSSR count). The molecule has 2 N–H and O–H groups in total. The van der Waals surface area contributed by atoms with Gasteiger partial charge in [-0.15, -0.1) is 0 Å². The molecule has 0 aliphatic rings. The number of nitrogens with two attached hydrogens (primary N) is 1. The van der Waals surface area contributed by atoms with Gasteiger partial charge in [0.05, 0.1) is 19.3 Å². The van der Waals surface area contributed by atoms with E-state index in [1.165, 1.54) is 0 Å². The number of anilines is 1. The molecule has 1 aromatic rings. The molecule has 118 valence electrons. The average Bonchev–Trinajstić information content (AvgIpc) is 2.43. The fraction of sp³-hybridized carbons (Fsp3) is 0.562. The summed E-state index contributed by atoms with van der Waals surface area (Å²) >= 11 is 0. The van der Waals surface area contributed by atoms with Gasteiger partial charge in [-0.3, -0.25) is 4.79 Å². The SMILES string of the molecule is COCCN(C(=O)c1cc(N)c(C)cc1C)C(C)COC. The predicted octanol–water partition coefficient (Wildman–Crippen LogP) is 2.01. The first-order chi connectivity index (χ1) is 9.92. The second kappa shape index (κ2) is 8.00. The topological polar surface area (TPSA) is 64.8 Å². The number of hydrogen-bond acceptors (Lipinski definition) is 4. The number of nitrogens with zero attached hydrogens (tertiary/aromatic N) is 1. The first kappa shape index (κ1) is 17.5. The van der Waals surface area contributed by atoms with E-state index in [1.54, 1.807) is 25.2 Å².